The van der Waals surface area contributed by atoms with Gasteiger partial charge in [-0.25, -0.2) is 0 Å². The van der Waals surface area contributed by atoms with Gasteiger partial charge in [0, 0.05) is 0 Å². The highest BCUT2D eigenvalue weighted by Crippen LogP contribution is 2.30. The van der Waals surface area contributed by atoms with Gasteiger partial charge in [0.25, 0.3) is 0 Å². The van der Waals surface area contributed by atoms with E-state index in [-0.39, 0.29) is 0 Å². The van der Waals surface area contributed by atoms with E-state index in [9.17, 15) is 5.11 Å². The number of phenolic OH excluding ortho intramolecular Hbond substituents is 1. The highest BCUT2D eigenvalue weighted by Gasteiger charge is 2.13. The first kappa shape index (κ1) is 20.1. The van der Waals surface area contributed by atoms with Crippen molar-refractivity contribution in [3.8, 4) is 5.75 Å². The lowest BCUT2D eigenvalue weighted by Crippen LogP contribution is -2.01. The van der Waals surface area contributed by atoms with Gasteiger partial charge in [-0.15, -0.1) is 0 Å². The first-order valence-corrected chi connectivity index (χ1v) is 10.00. The molecular weight excluding hydrogens is 280 g/mol. The fourth-order valence-corrected chi connectivity index (χ4v) is 3.44. The van der Waals surface area contributed by atoms with Crippen molar-refractivity contribution in [1.29, 1.82) is 0 Å². The Morgan fingerprint density at radius 2 is 1.35 bits per heavy atom. The molecule has 0 saturated heterocycles. The van der Waals surface area contributed by atoms with Crippen LogP contribution in [-0.4, -0.2) is 5.11 Å². The molecule has 1 aromatic carbocycles. The van der Waals surface area contributed by atoms with Crippen molar-refractivity contribution in [1.82, 2.24) is 0 Å². The van der Waals surface area contributed by atoms with Gasteiger partial charge >= 0.3 is 0 Å². The zero-order chi connectivity index (χ0) is 17.1. The molecule has 0 unspecified atom stereocenters. The fraction of sp³-hybridized carbons (Fsp3) is 0.727. The standard InChI is InChI=1S/C22H38O/c1-5-9-13-19-16-17-20(14-11-12-18(7-3)8-4)22(23)21(19)15-10-6-2/h16-18,23H,5-15H2,1-4H3. The minimum atomic E-state index is 0.608. The second-order valence-electron chi connectivity index (χ2n) is 6.99. The summed E-state index contributed by atoms with van der Waals surface area (Å²) in [6.07, 6.45) is 13.0. The number of hydrogen-bond acceptors (Lipinski definition) is 1. The zero-order valence-electron chi connectivity index (χ0n) is 16.0. The Hall–Kier alpha value is -0.980. The number of benzene rings is 1. The summed E-state index contributed by atoms with van der Waals surface area (Å²) < 4.78 is 0. The van der Waals surface area contributed by atoms with Gasteiger partial charge < -0.3 is 5.11 Å². The molecule has 132 valence electrons. The molecule has 0 fully saturated rings. The van der Waals surface area contributed by atoms with E-state index in [0.717, 1.165) is 25.2 Å². The number of aryl methyl sites for hydroxylation is 2. The van der Waals surface area contributed by atoms with Crippen molar-refractivity contribution in [3.63, 3.8) is 0 Å². The highest BCUT2D eigenvalue weighted by atomic mass is 16.3. The number of rotatable bonds is 12. The van der Waals surface area contributed by atoms with E-state index in [2.05, 4.69) is 39.8 Å². The van der Waals surface area contributed by atoms with E-state index in [4.69, 9.17) is 0 Å². The van der Waals surface area contributed by atoms with Crippen LogP contribution in [0.5, 0.6) is 5.75 Å². The lowest BCUT2D eigenvalue weighted by Gasteiger charge is -2.16. The molecular formula is C22H38O. The molecule has 1 nitrogen and oxygen atoms in total. The Labute approximate surface area is 144 Å². The SMILES string of the molecule is CCCCc1ccc(CCCC(CC)CC)c(O)c1CCCC. The average molecular weight is 319 g/mol. The Bertz CT molecular complexity index is 432. The number of aromatic hydroxyl groups is 1. The normalized spacial score (nSPS) is 11.3. The van der Waals surface area contributed by atoms with Gasteiger partial charge in [-0.2, -0.15) is 0 Å². The summed E-state index contributed by atoms with van der Waals surface area (Å²) in [6, 6.07) is 4.47. The summed E-state index contributed by atoms with van der Waals surface area (Å²) in [6.45, 7) is 9.04. The molecule has 1 aromatic rings. The number of unbranched alkanes of at least 4 members (excludes halogenated alkanes) is 2. The van der Waals surface area contributed by atoms with Crippen LogP contribution in [-0.2, 0) is 19.3 Å². The Balaban J connectivity index is 2.79. The summed E-state index contributed by atoms with van der Waals surface area (Å²) in [5, 5.41) is 10.8. The first-order valence-electron chi connectivity index (χ1n) is 10.00. The maximum atomic E-state index is 10.8. The topological polar surface area (TPSA) is 20.2 Å². The maximum Gasteiger partial charge on any atom is 0.122 e. The van der Waals surface area contributed by atoms with E-state index in [1.54, 1.807) is 0 Å². The van der Waals surface area contributed by atoms with Gasteiger partial charge in [0.05, 0.1) is 0 Å². The van der Waals surface area contributed by atoms with Crippen molar-refractivity contribution in [3.05, 3.63) is 28.8 Å². The molecule has 0 aliphatic rings. The summed E-state index contributed by atoms with van der Waals surface area (Å²) in [5.74, 6) is 1.46. The zero-order valence-corrected chi connectivity index (χ0v) is 16.0. The maximum absolute atomic E-state index is 10.8. The Morgan fingerprint density at radius 1 is 0.783 bits per heavy atom. The summed E-state index contributed by atoms with van der Waals surface area (Å²) in [4.78, 5) is 0. The first-order chi connectivity index (χ1) is 11.2. The molecule has 0 radical (unpaired) electrons. The van der Waals surface area contributed by atoms with E-state index in [1.165, 1.54) is 68.1 Å². The van der Waals surface area contributed by atoms with E-state index >= 15 is 0 Å². The minimum absolute atomic E-state index is 0.608. The van der Waals surface area contributed by atoms with Gasteiger partial charge in [-0.3, -0.25) is 0 Å². The molecule has 1 heteroatoms. The lowest BCUT2D eigenvalue weighted by molar-refractivity contribution is 0.431. The Kier molecular flexibility index (Phi) is 10.1. The lowest BCUT2D eigenvalue weighted by atomic mass is 9.91. The van der Waals surface area contributed by atoms with Crippen molar-refractivity contribution < 1.29 is 5.11 Å². The molecule has 0 heterocycles. The molecule has 23 heavy (non-hydrogen) atoms. The largest absolute Gasteiger partial charge is 0.507 e. The van der Waals surface area contributed by atoms with E-state index in [0.29, 0.717) is 5.75 Å². The summed E-state index contributed by atoms with van der Waals surface area (Å²) >= 11 is 0. The van der Waals surface area contributed by atoms with Crippen LogP contribution >= 0.6 is 0 Å². The van der Waals surface area contributed by atoms with Crippen molar-refractivity contribution in [2.75, 3.05) is 0 Å². The third-order valence-electron chi connectivity index (χ3n) is 5.26. The fourth-order valence-electron chi connectivity index (χ4n) is 3.44. The molecule has 1 rings (SSSR count). The third-order valence-corrected chi connectivity index (χ3v) is 5.26. The van der Waals surface area contributed by atoms with Gasteiger partial charge in [0.2, 0.25) is 0 Å². The quantitative estimate of drug-likeness (QED) is 0.447. The van der Waals surface area contributed by atoms with Crippen LogP contribution in [0.15, 0.2) is 12.1 Å². The summed E-state index contributed by atoms with van der Waals surface area (Å²) in [7, 11) is 0. The van der Waals surface area contributed by atoms with Gasteiger partial charge in [-0.05, 0) is 61.1 Å². The Morgan fingerprint density at radius 3 is 1.96 bits per heavy atom. The van der Waals surface area contributed by atoms with Crippen LogP contribution in [0.25, 0.3) is 0 Å². The molecule has 0 atom stereocenters. The predicted octanol–water partition coefficient (Wildman–Crippen LogP) is 6.84. The van der Waals surface area contributed by atoms with Crippen LogP contribution in [0.4, 0.5) is 0 Å². The van der Waals surface area contributed by atoms with Crippen molar-refractivity contribution in [2.24, 2.45) is 5.92 Å². The second kappa shape index (κ2) is 11.5. The molecule has 0 saturated carbocycles. The minimum Gasteiger partial charge on any atom is -0.507 e. The number of phenols is 1. The molecule has 0 aliphatic heterocycles. The molecule has 0 bridgehead atoms. The third kappa shape index (κ3) is 6.57. The monoisotopic (exact) mass is 318 g/mol. The van der Waals surface area contributed by atoms with E-state index in [1.807, 2.05) is 0 Å². The average Bonchev–Trinajstić information content (AvgIpc) is 2.57. The van der Waals surface area contributed by atoms with Crippen LogP contribution in [0, 0.1) is 5.92 Å². The van der Waals surface area contributed by atoms with Gasteiger partial charge in [0.15, 0.2) is 0 Å². The smallest absolute Gasteiger partial charge is 0.122 e. The molecule has 0 spiro atoms. The summed E-state index contributed by atoms with van der Waals surface area (Å²) in [5.41, 5.74) is 3.78. The van der Waals surface area contributed by atoms with Gasteiger partial charge in [0.1, 0.15) is 5.75 Å². The second-order valence-corrected chi connectivity index (χ2v) is 6.99. The molecule has 0 aromatic heterocycles. The van der Waals surface area contributed by atoms with Crippen molar-refractivity contribution in [2.45, 2.75) is 98.3 Å². The van der Waals surface area contributed by atoms with Crippen molar-refractivity contribution >= 4 is 0 Å². The van der Waals surface area contributed by atoms with Crippen LogP contribution in [0.1, 0.15) is 95.8 Å². The number of hydrogen-bond donors (Lipinski definition) is 1. The van der Waals surface area contributed by atoms with Crippen LogP contribution in [0.2, 0.25) is 0 Å². The van der Waals surface area contributed by atoms with Crippen LogP contribution < -0.4 is 0 Å². The molecule has 1 N–H and O–H groups in total. The van der Waals surface area contributed by atoms with E-state index < -0.39 is 0 Å². The highest BCUT2D eigenvalue weighted by molar-refractivity contribution is 5.46. The van der Waals surface area contributed by atoms with Crippen LogP contribution in [0.3, 0.4) is 0 Å². The predicted molar refractivity (Wildman–Crippen MR) is 102 cm³/mol. The molecule has 0 amide bonds. The van der Waals surface area contributed by atoms with Gasteiger partial charge in [-0.1, -0.05) is 71.9 Å². The molecule has 0 aliphatic carbocycles.